The molecule has 0 spiro atoms. The molecule has 4 aromatic carbocycles. The summed E-state index contributed by atoms with van der Waals surface area (Å²) in [5.41, 5.74) is 6.72. The number of aromatic nitrogens is 3. The number of esters is 1. The minimum absolute atomic E-state index is 0.0819. The average molecular weight is 978 g/mol. The van der Waals surface area contributed by atoms with Crippen LogP contribution in [0.3, 0.4) is 0 Å². The maximum absolute atomic E-state index is 13.3. The van der Waals surface area contributed by atoms with E-state index in [0.29, 0.717) is 46.3 Å². The van der Waals surface area contributed by atoms with Crippen molar-refractivity contribution in [3.8, 4) is 28.7 Å². The van der Waals surface area contributed by atoms with Gasteiger partial charge in [-0.1, -0.05) is 73.1 Å². The molecule has 0 radical (unpaired) electrons. The van der Waals surface area contributed by atoms with Crippen molar-refractivity contribution in [1.29, 1.82) is 5.26 Å². The second-order valence-corrected chi connectivity index (χ2v) is 19.3. The Kier molecular flexibility index (Phi) is 16.8. The minimum atomic E-state index is -0.785. The summed E-state index contributed by atoms with van der Waals surface area (Å²) in [5.74, 6) is 0.560. The third kappa shape index (κ3) is 13.7. The van der Waals surface area contributed by atoms with Gasteiger partial charge in [-0.2, -0.15) is 10.4 Å². The number of nitriles is 1. The molecule has 0 aliphatic rings. The van der Waals surface area contributed by atoms with E-state index in [9.17, 15) is 14.9 Å². The molecule has 0 saturated carbocycles. The van der Waals surface area contributed by atoms with Crippen LogP contribution in [0.5, 0.6) is 11.5 Å². The van der Waals surface area contributed by atoms with Crippen LogP contribution >= 0.6 is 27.5 Å². The Bertz CT molecular complexity index is 2680. The molecule has 14 heteroatoms. The second-order valence-electron chi connectivity index (χ2n) is 18.1. The Morgan fingerprint density at radius 1 is 0.803 bits per heavy atom. The zero-order chi connectivity index (χ0) is 47.6. The fourth-order valence-electron chi connectivity index (χ4n) is 7.17. The van der Waals surface area contributed by atoms with Crippen LogP contribution in [-0.2, 0) is 51.9 Å². The SMILES string of the molecule is CC[C@H](NCc1ccc(Cn2ncc3c(-c4cccc(COc5cc(OCc6cncc(C#N)c6)c(CN[C@@H](COC(C)(C)C)C(=O)OC(C)(C)C)cc5Cl)c4Br)cccc32)cc1)C(C)=O. The van der Waals surface area contributed by atoms with Crippen molar-refractivity contribution in [3.63, 3.8) is 0 Å². The van der Waals surface area contributed by atoms with Crippen LogP contribution < -0.4 is 20.1 Å². The Labute approximate surface area is 401 Å². The van der Waals surface area contributed by atoms with Gasteiger partial charge in [0.2, 0.25) is 0 Å². The topological polar surface area (TPSA) is 150 Å². The molecule has 0 aliphatic heterocycles. The van der Waals surface area contributed by atoms with E-state index in [1.807, 2.05) is 77.5 Å². The minimum Gasteiger partial charge on any atom is -0.488 e. The predicted octanol–water partition coefficient (Wildman–Crippen LogP) is 10.7. The zero-order valence-corrected chi connectivity index (χ0v) is 41.2. The molecule has 66 heavy (non-hydrogen) atoms. The van der Waals surface area contributed by atoms with Crippen molar-refractivity contribution in [1.82, 2.24) is 25.4 Å². The lowest BCUT2D eigenvalue weighted by molar-refractivity contribution is -0.160. The molecule has 6 rings (SSSR count). The highest BCUT2D eigenvalue weighted by Gasteiger charge is 2.28. The summed E-state index contributed by atoms with van der Waals surface area (Å²) in [5, 5.41) is 22.3. The number of nitrogens with one attached hydrogen (secondary N) is 2. The van der Waals surface area contributed by atoms with Crippen molar-refractivity contribution in [3.05, 3.63) is 140 Å². The van der Waals surface area contributed by atoms with Crippen molar-refractivity contribution in [2.75, 3.05) is 6.61 Å². The van der Waals surface area contributed by atoms with E-state index in [-0.39, 0.29) is 38.2 Å². The molecule has 0 bridgehead atoms. The van der Waals surface area contributed by atoms with Gasteiger partial charge < -0.3 is 24.3 Å². The highest BCUT2D eigenvalue weighted by atomic mass is 79.9. The molecule has 2 heterocycles. The van der Waals surface area contributed by atoms with E-state index in [1.54, 1.807) is 31.3 Å². The van der Waals surface area contributed by atoms with E-state index in [0.717, 1.165) is 49.6 Å². The van der Waals surface area contributed by atoms with Gasteiger partial charge in [0, 0.05) is 58.1 Å². The van der Waals surface area contributed by atoms with Crippen LogP contribution in [0.25, 0.3) is 22.0 Å². The lowest BCUT2D eigenvalue weighted by Gasteiger charge is -2.27. The number of Topliss-reactive ketones (excluding diaryl/α,β-unsaturated/α-hetero) is 1. The fraction of sp³-hybridized carbons (Fsp3) is 0.365. The number of halogens is 2. The monoisotopic (exact) mass is 976 g/mol. The maximum atomic E-state index is 13.3. The van der Waals surface area contributed by atoms with Crippen LogP contribution in [-0.4, -0.2) is 56.4 Å². The predicted molar refractivity (Wildman–Crippen MR) is 261 cm³/mol. The summed E-state index contributed by atoms with van der Waals surface area (Å²) in [4.78, 5) is 29.4. The van der Waals surface area contributed by atoms with Crippen LogP contribution in [0.15, 0.2) is 102 Å². The van der Waals surface area contributed by atoms with Crippen LogP contribution in [0.4, 0.5) is 0 Å². The molecule has 0 fully saturated rings. The number of hydrogen-bond acceptors (Lipinski definition) is 11. The Morgan fingerprint density at radius 2 is 1.50 bits per heavy atom. The highest BCUT2D eigenvalue weighted by molar-refractivity contribution is 9.10. The molecule has 2 atom stereocenters. The van der Waals surface area contributed by atoms with Gasteiger partial charge in [0.15, 0.2) is 0 Å². The van der Waals surface area contributed by atoms with Crippen molar-refractivity contribution < 1.29 is 28.5 Å². The van der Waals surface area contributed by atoms with E-state index in [1.165, 1.54) is 6.20 Å². The van der Waals surface area contributed by atoms with E-state index < -0.39 is 23.2 Å². The highest BCUT2D eigenvalue weighted by Crippen LogP contribution is 2.38. The number of ketones is 1. The molecule has 6 aromatic rings. The standard InChI is InChI=1S/C52H58BrClN6O6/c1-9-44(33(2)61)57-26-34-16-18-35(19-17-34)29-60-46-15-11-13-40(42(46)28-59-60)41-14-10-12-38(49(41)53)31-64-48-22-47(63-30-37-20-36(23-55)24-56-25-37)39(21-43(48)54)27-58-45(32-65-51(3,4)5)50(62)66-52(6,7)8/h10-22,24-25,28,44-45,57-58H,9,26-27,29-32H2,1-8H3/t44-,45-/m0/s1. The third-order valence-corrected chi connectivity index (χ3v) is 11.8. The van der Waals surface area contributed by atoms with Gasteiger partial charge in [0.1, 0.15) is 48.2 Å². The first-order valence-electron chi connectivity index (χ1n) is 22.0. The van der Waals surface area contributed by atoms with Gasteiger partial charge in [-0.25, -0.2) is 0 Å². The second kappa shape index (κ2) is 22.2. The first-order chi connectivity index (χ1) is 31.4. The molecular weight excluding hydrogens is 920 g/mol. The maximum Gasteiger partial charge on any atom is 0.326 e. The van der Waals surface area contributed by atoms with Gasteiger partial charge in [0.05, 0.1) is 47.1 Å². The number of carbonyl (C=O) groups excluding carboxylic acids is 2. The van der Waals surface area contributed by atoms with Gasteiger partial charge in [-0.05, 0) is 111 Å². The molecule has 2 N–H and O–H groups in total. The van der Waals surface area contributed by atoms with Crippen molar-refractivity contribution in [2.24, 2.45) is 0 Å². The largest absolute Gasteiger partial charge is 0.488 e. The summed E-state index contributed by atoms with van der Waals surface area (Å²) < 4.78 is 27.4. The Balaban J connectivity index is 1.21. The Morgan fingerprint density at radius 3 is 2.20 bits per heavy atom. The van der Waals surface area contributed by atoms with E-state index in [2.05, 4.69) is 80.1 Å². The molecule has 0 amide bonds. The summed E-state index contributed by atoms with van der Waals surface area (Å²) in [6, 6.07) is 27.1. The van der Waals surface area contributed by atoms with Crippen LogP contribution in [0.2, 0.25) is 5.02 Å². The van der Waals surface area contributed by atoms with Gasteiger partial charge >= 0.3 is 5.97 Å². The molecule has 0 unspecified atom stereocenters. The lowest BCUT2D eigenvalue weighted by atomic mass is 10.00. The van der Waals surface area contributed by atoms with Gasteiger partial charge in [-0.15, -0.1) is 0 Å². The van der Waals surface area contributed by atoms with Crippen LogP contribution in [0.1, 0.15) is 95.2 Å². The van der Waals surface area contributed by atoms with Gasteiger partial charge in [0.25, 0.3) is 0 Å². The molecule has 2 aromatic heterocycles. The number of benzene rings is 4. The number of nitrogens with zero attached hydrogens (tertiary/aromatic N) is 4. The number of hydrogen-bond donors (Lipinski definition) is 2. The number of ether oxygens (including phenoxy) is 4. The fourth-order valence-corrected chi connectivity index (χ4v) is 8.00. The molecule has 346 valence electrons. The molecule has 0 saturated heterocycles. The summed E-state index contributed by atoms with van der Waals surface area (Å²) in [7, 11) is 0. The summed E-state index contributed by atoms with van der Waals surface area (Å²) >= 11 is 10.8. The number of fused-ring (bicyclic) bond motifs is 1. The quantitative estimate of drug-likeness (QED) is 0.0704. The first kappa shape index (κ1) is 49.8. The molecular formula is C52H58BrClN6O6. The average Bonchev–Trinajstić information content (AvgIpc) is 3.68. The van der Waals surface area contributed by atoms with Gasteiger partial charge in [-0.3, -0.25) is 24.6 Å². The van der Waals surface area contributed by atoms with Crippen molar-refractivity contribution in [2.45, 2.75) is 118 Å². The summed E-state index contributed by atoms with van der Waals surface area (Å²) in [6.07, 6.45) is 5.80. The summed E-state index contributed by atoms with van der Waals surface area (Å²) in [6.45, 7) is 16.7. The Hall–Kier alpha value is -5.62. The van der Waals surface area contributed by atoms with Crippen LogP contribution in [0, 0.1) is 11.3 Å². The normalized spacial score (nSPS) is 12.7. The smallest absolute Gasteiger partial charge is 0.326 e. The number of pyridine rings is 1. The van der Waals surface area contributed by atoms with E-state index in [4.69, 9.17) is 35.6 Å². The first-order valence-corrected chi connectivity index (χ1v) is 23.1. The van der Waals surface area contributed by atoms with Crippen molar-refractivity contribution >= 4 is 50.2 Å². The zero-order valence-electron chi connectivity index (χ0n) is 38.8. The van der Waals surface area contributed by atoms with E-state index >= 15 is 0 Å². The third-order valence-electron chi connectivity index (χ3n) is 10.6. The number of carbonyl (C=O) groups is 2. The molecule has 12 nitrogen and oxygen atoms in total. The molecule has 0 aliphatic carbocycles. The lowest BCUT2D eigenvalue weighted by Crippen LogP contribution is -2.45. The number of rotatable bonds is 20.